The third-order valence-electron chi connectivity index (χ3n) is 4.41. The van der Waals surface area contributed by atoms with Gasteiger partial charge < -0.3 is 4.74 Å². The average Bonchev–Trinajstić information content (AvgIpc) is 2.53. The molecule has 23 heavy (non-hydrogen) atoms. The van der Waals surface area contributed by atoms with Crippen LogP contribution >= 0.6 is 0 Å². The van der Waals surface area contributed by atoms with Gasteiger partial charge in [-0.2, -0.15) is 0 Å². The zero-order valence-corrected chi connectivity index (χ0v) is 14.7. The predicted octanol–water partition coefficient (Wildman–Crippen LogP) is 5.87. The number of hydrogen-bond donors (Lipinski definition) is 0. The van der Waals surface area contributed by atoms with Gasteiger partial charge in [0.2, 0.25) is 0 Å². The first-order valence-electron chi connectivity index (χ1n) is 9.67. The van der Waals surface area contributed by atoms with Gasteiger partial charge in [-0.05, 0) is 25.7 Å². The number of carbonyl (C=O) groups excluding carboxylic acids is 2. The molecule has 3 nitrogen and oxygen atoms in total. The van der Waals surface area contributed by atoms with Crippen molar-refractivity contribution in [2.75, 3.05) is 0 Å². The van der Waals surface area contributed by atoms with Crippen LogP contribution in [0.2, 0.25) is 0 Å². The second-order valence-corrected chi connectivity index (χ2v) is 6.64. The highest BCUT2D eigenvalue weighted by Gasteiger charge is 2.09. The maximum atomic E-state index is 11.5. The van der Waals surface area contributed by atoms with Gasteiger partial charge in [-0.1, -0.05) is 76.4 Å². The van der Waals surface area contributed by atoms with Gasteiger partial charge in [0, 0.05) is 12.8 Å². The summed E-state index contributed by atoms with van der Waals surface area (Å²) in [5.74, 6) is -0.740. The second-order valence-electron chi connectivity index (χ2n) is 6.64. The van der Waals surface area contributed by atoms with E-state index in [0.29, 0.717) is 19.3 Å². The van der Waals surface area contributed by atoms with Gasteiger partial charge in [-0.25, -0.2) is 0 Å². The molecule has 0 atom stereocenters. The topological polar surface area (TPSA) is 43.4 Å². The molecule has 0 unspecified atom stereocenters. The predicted molar refractivity (Wildman–Crippen MR) is 94.1 cm³/mol. The van der Waals surface area contributed by atoms with Crippen LogP contribution in [-0.4, -0.2) is 11.9 Å². The summed E-state index contributed by atoms with van der Waals surface area (Å²) in [5, 5.41) is 0. The zero-order valence-electron chi connectivity index (χ0n) is 14.7. The van der Waals surface area contributed by atoms with Gasteiger partial charge in [0.1, 0.15) is 0 Å². The summed E-state index contributed by atoms with van der Waals surface area (Å²) in [4.78, 5) is 23.1. The molecule has 1 aliphatic rings. The normalized spacial score (nSPS) is 23.5. The Morgan fingerprint density at radius 2 is 0.957 bits per heavy atom. The molecule has 0 spiro atoms. The Morgan fingerprint density at radius 3 is 1.57 bits per heavy atom. The second kappa shape index (κ2) is 14.5. The quantitative estimate of drug-likeness (QED) is 0.318. The summed E-state index contributed by atoms with van der Waals surface area (Å²) in [6, 6.07) is 0. The largest absolute Gasteiger partial charge is 0.393 e. The standard InChI is InChI=1S/C20H34O3/c21-19-17-15-13-11-9-7-5-3-1-2-4-6-8-10-12-14-16-18-20(22)23-19/h11,13H,1-10,12,14-18H2/b13-11+. The summed E-state index contributed by atoms with van der Waals surface area (Å²) in [6.45, 7) is 0. The van der Waals surface area contributed by atoms with Crippen LogP contribution in [0.5, 0.6) is 0 Å². The van der Waals surface area contributed by atoms with Gasteiger partial charge in [0.15, 0.2) is 0 Å². The Labute approximate surface area is 141 Å². The molecule has 0 N–H and O–H groups in total. The van der Waals surface area contributed by atoms with E-state index in [1.54, 1.807) is 0 Å². The highest BCUT2D eigenvalue weighted by molar-refractivity contribution is 5.85. The maximum absolute atomic E-state index is 11.5. The fourth-order valence-electron chi connectivity index (χ4n) is 2.97. The lowest BCUT2D eigenvalue weighted by Crippen LogP contribution is -2.11. The van der Waals surface area contributed by atoms with E-state index in [1.807, 2.05) is 6.08 Å². The summed E-state index contributed by atoms with van der Waals surface area (Å²) >= 11 is 0. The van der Waals surface area contributed by atoms with E-state index in [1.165, 1.54) is 64.2 Å². The molecule has 0 bridgehead atoms. The molecule has 0 aromatic carbocycles. The van der Waals surface area contributed by atoms with Gasteiger partial charge in [0.05, 0.1) is 0 Å². The summed E-state index contributed by atoms with van der Waals surface area (Å²) < 4.78 is 4.84. The lowest BCUT2D eigenvalue weighted by molar-refractivity contribution is -0.159. The first kappa shape index (κ1) is 19.9. The number of allylic oxidation sites excluding steroid dienone is 2. The van der Waals surface area contributed by atoms with Crippen molar-refractivity contribution in [1.29, 1.82) is 0 Å². The van der Waals surface area contributed by atoms with Gasteiger partial charge in [-0.15, -0.1) is 0 Å². The Bertz CT molecular complexity index is 347. The smallest absolute Gasteiger partial charge is 0.313 e. The number of esters is 2. The molecule has 0 radical (unpaired) electrons. The molecule has 0 aromatic rings. The number of rotatable bonds is 0. The lowest BCUT2D eigenvalue weighted by atomic mass is 10.0. The van der Waals surface area contributed by atoms with Crippen molar-refractivity contribution in [1.82, 2.24) is 0 Å². The van der Waals surface area contributed by atoms with Crippen molar-refractivity contribution in [2.45, 2.75) is 103 Å². The highest BCUT2D eigenvalue weighted by atomic mass is 16.6. The van der Waals surface area contributed by atoms with Crippen molar-refractivity contribution in [3.8, 4) is 0 Å². The van der Waals surface area contributed by atoms with Crippen LogP contribution in [0.15, 0.2) is 12.2 Å². The van der Waals surface area contributed by atoms with Crippen LogP contribution in [-0.2, 0) is 14.3 Å². The van der Waals surface area contributed by atoms with Crippen LogP contribution in [0.4, 0.5) is 0 Å². The molecule has 1 aliphatic heterocycles. The van der Waals surface area contributed by atoms with E-state index in [2.05, 4.69) is 6.08 Å². The molecule has 1 heterocycles. The van der Waals surface area contributed by atoms with E-state index in [0.717, 1.165) is 19.3 Å². The minimum Gasteiger partial charge on any atom is -0.393 e. The number of hydrogen-bond acceptors (Lipinski definition) is 3. The van der Waals surface area contributed by atoms with Crippen molar-refractivity contribution < 1.29 is 14.3 Å². The fourth-order valence-corrected chi connectivity index (χ4v) is 2.97. The van der Waals surface area contributed by atoms with Crippen LogP contribution in [0.25, 0.3) is 0 Å². The van der Waals surface area contributed by atoms with Crippen LogP contribution < -0.4 is 0 Å². The maximum Gasteiger partial charge on any atom is 0.313 e. The molecular formula is C20H34O3. The summed E-state index contributed by atoms with van der Waals surface area (Å²) in [7, 11) is 0. The van der Waals surface area contributed by atoms with Crippen molar-refractivity contribution >= 4 is 11.9 Å². The van der Waals surface area contributed by atoms with Gasteiger partial charge in [0.25, 0.3) is 0 Å². The van der Waals surface area contributed by atoms with E-state index >= 15 is 0 Å². The minimum absolute atomic E-state index is 0.308. The van der Waals surface area contributed by atoms with Crippen molar-refractivity contribution in [3.05, 3.63) is 12.2 Å². The van der Waals surface area contributed by atoms with Gasteiger partial charge >= 0.3 is 11.9 Å². The SMILES string of the molecule is O=C1CC/C=C/CCCCCCCCCCCCCCC(=O)O1. The number of ether oxygens (including phenoxy) is 1. The Kier molecular flexibility index (Phi) is 12.5. The molecule has 3 heteroatoms. The van der Waals surface area contributed by atoms with Crippen molar-refractivity contribution in [3.63, 3.8) is 0 Å². The third-order valence-corrected chi connectivity index (χ3v) is 4.41. The molecule has 0 fully saturated rings. The van der Waals surface area contributed by atoms with Crippen LogP contribution in [0, 0.1) is 0 Å². The fraction of sp³-hybridized carbons (Fsp3) is 0.800. The molecule has 132 valence electrons. The third kappa shape index (κ3) is 13.1. The van der Waals surface area contributed by atoms with Gasteiger partial charge in [-0.3, -0.25) is 9.59 Å². The van der Waals surface area contributed by atoms with Crippen molar-refractivity contribution in [2.24, 2.45) is 0 Å². The molecule has 0 amide bonds. The highest BCUT2D eigenvalue weighted by Crippen LogP contribution is 2.13. The number of cyclic esters (lactones) is 2. The van der Waals surface area contributed by atoms with Crippen LogP contribution in [0.1, 0.15) is 103 Å². The monoisotopic (exact) mass is 322 g/mol. The number of carbonyl (C=O) groups is 2. The Hall–Kier alpha value is -1.12. The first-order valence-corrected chi connectivity index (χ1v) is 9.67. The Morgan fingerprint density at radius 1 is 0.522 bits per heavy atom. The zero-order chi connectivity index (χ0) is 16.6. The molecule has 0 aliphatic carbocycles. The van der Waals surface area contributed by atoms with E-state index < -0.39 is 0 Å². The minimum atomic E-state index is -0.384. The molecule has 0 saturated carbocycles. The average molecular weight is 322 g/mol. The van der Waals surface area contributed by atoms with E-state index in [4.69, 9.17) is 4.74 Å². The molecule has 0 aromatic heterocycles. The molecular weight excluding hydrogens is 288 g/mol. The van der Waals surface area contributed by atoms with Crippen LogP contribution in [0.3, 0.4) is 0 Å². The van der Waals surface area contributed by atoms with E-state index in [9.17, 15) is 9.59 Å². The molecule has 1 rings (SSSR count). The Balaban J connectivity index is 2.24. The summed E-state index contributed by atoms with van der Waals surface area (Å²) in [6.07, 6.45) is 21.7. The summed E-state index contributed by atoms with van der Waals surface area (Å²) in [5.41, 5.74) is 0. The first-order chi connectivity index (χ1) is 11.3. The van der Waals surface area contributed by atoms with E-state index in [-0.39, 0.29) is 11.9 Å². The molecule has 0 saturated heterocycles. The lowest BCUT2D eigenvalue weighted by Gasteiger charge is -2.03.